The Morgan fingerprint density at radius 2 is 2.39 bits per heavy atom. The minimum Gasteiger partial charge on any atom is -0.325 e. The number of hydrogen-bond acceptors (Lipinski definition) is 4. The van der Waals surface area contributed by atoms with Gasteiger partial charge in [0, 0.05) is 5.69 Å². The third-order valence-electron chi connectivity index (χ3n) is 3.22. The summed E-state index contributed by atoms with van der Waals surface area (Å²) in [4.78, 5) is 16.3. The van der Waals surface area contributed by atoms with Crippen LogP contribution in [0.25, 0.3) is 10.2 Å². The normalized spacial score (nSPS) is 19.9. The topological polar surface area (TPSA) is 54.0 Å². The van der Waals surface area contributed by atoms with Crippen molar-refractivity contribution in [3.63, 3.8) is 0 Å². The predicted octanol–water partition coefficient (Wildman–Crippen LogP) is 2.38. The van der Waals surface area contributed by atoms with E-state index in [1.54, 1.807) is 11.3 Å². The van der Waals surface area contributed by atoms with Gasteiger partial charge in [0.25, 0.3) is 0 Å². The summed E-state index contributed by atoms with van der Waals surface area (Å²) in [5.41, 5.74) is 3.58. The first-order valence-corrected chi connectivity index (χ1v) is 7.08. The number of fused-ring (bicyclic) bond motifs is 1. The summed E-state index contributed by atoms with van der Waals surface area (Å²) in [5.74, 6) is 0.0595. The number of nitrogens with one attached hydrogen (secondary N) is 2. The molecule has 18 heavy (non-hydrogen) atoms. The Morgan fingerprint density at radius 3 is 3.22 bits per heavy atom. The van der Waals surface area contributed by atoms with Gasteiger partial charge in [-0.1, -0.05) is 6.42 Å². The first kappa shape index (κ1) is 11.6. The second-order valence-corrected chi connectivity index (χ2v) is 5.41. The van der Waals surface area contributed by atoms with Gasteiger partial charge < -0.3 is 10.6 Å². The molecule has 0 saturated carbocycles. The molecule has 2 N–H and O–H groups in total. The summed E-state index contributed by atoms with van der Waals surface area (Å²) >= 11 is 1.61. The highest BCUT2D eigenvalue weighted by atomic mass is 32.1. The average Bonchev–Trinajstić information content (AvgIpc) is 2.87. The van der Waals surface area contributed by atoms with Crippen molar-refractivity contribution >= 4 is 33.1 Å². The van der Waals surface area contributed by atoms with Gasteiger partial charge in [0.05, 0.1) is 21.8 Å². The van der Waals surface area contributed by atoms with Gasteiger partial charge in [0.15, 0.2) is 0 Å². The van der Waals surface area contributed by atoms with Crippen LogP contribution >= 0.6 is 11.3 Å². The molecule has 4 nitrogen and oxygen atoms in total. The number of piperidine rings is 1. The van der Waals surface area contributed by atoms with Crippen molar-refractivity contribution in [1.29, 1.82) is 0 Å². The average molecular weight is 261 g/mol. The summed E-state index contributed by atoms with van der Waals surface area (Å²) in [5, 5.41) is 6.20. The molecule has 1 aromatic carbocycles. The third-order valence-corrected chi connectivity index (χ3v) is 4.03. The van der Waals surface area contributed by atoms with Crippen molar-refractivity contribution in [1.82, 2.24) is 10.3 Å². The van der Waals surface area contributed by atoms with E-state index < -0.39 is 0 Å². The summed E-state index contributed by atoms with van der Waals surface area (Å²) in [6.45, 7) is 0.934. The van der Waals surface area contributed by atoms with Crippen LogP contribution in [0.5, 0.6) is 0 Å². The standard InChI is InChI=1S/C13H15N3OS/c17-13(10-3-1-2-6-14-10)16-9-4-5-12-11(7-9)15-8-18-12/h4-5,7-8,10,14H,1-3,6H2,(H,16,17). The molecule has 0 bridgehead atoms. The highest BCUT2D eigenvalue weighted by molar-refractivity contribution is 7.16. The Balaban J connectivity index is 1.72. The quantitative estimate of drug-likeness (QED) is 0.872. The van der Waals surface area contributed by atoms with Crippen LogP contribution in [0.4, 0.5) is 5.69 Å². The van der Waals surface area contributed by atoms with Gasteiger partial charge in [-0.2, -0.15) is 0 Å². The minimum atomic E-state index is -0.0510. The molecule has 2 aromatic rings. The second kappa shape index (κ2) is 5.04. The van der Waals surface area contributed by atoms with Gasteiger partial charge in [0.1, 0.15) is 0 Å². The monoisotopic (exact) mass is 261 g/mol. The molecule has 0 aliphatic carbocycles. The van der Waals surface area contributed by atoms with Crippen LogP contribution in [-0.2, 0) is 4.79 Å². The lowest BCUT2D eigenvalue weighted by molar-refractivity contribution is -0.118. The van der Waals surface area contributed by atoms with E-state index in [0.29, 0.717) is 0 Å². The van der Waals surface area contributed by atoms with E-state index in [1.807, 2.05) is 23.7 Å². The van der Waals surface area contributed by atoms with E-state index in [9.17, 15) is 4.79 Å². The van der Waals surface area contributed by atoms with E-state index in [1.165, 1.54) is 0 Å². The van der Waals surface area contributed by atoms with Crippen LogP contribution in [0, 0.1) is 0 Å². The molecule has 94 valence electrons. The maximum absolute atomic E-state index is 12.1. The van der Waals surface area contributed by atoms with Crippen molar-refractivity contribution < 1.29 is 4.79 Å². The number of thiazole rings is 1. The zero-order chi connectivity index (χ0) is 12.4. The van der Waals surface area contributed by atoms with Gasteiger partial charge in [-0.3, -0.25) is 4.79 Å². The predicted molar refractivity (Wildman–Crippen MR) is 73.9 cm³/mol. The maximum Gasteiger partial charge on any atom is 0.241 e. The summed E-state index contributed by atoms with van der Waals surface area (Å²) in [7, 11) is 0. The number of carbonyl (C=O) groups excluding carboxylic acids is 1. The zero-order valence-electron chi connectivity index (χ0n) is 9.98. The SMILES string of the molecule is O=C(Nc1ccc2scnc2c1)C1CCCCN1. The third kappa shape index (κ3) is 2.37. The molecule has 5 heteroatoms. The first-order chi connectivity index (χ1) is 8.83. The largest absolute Gasteiger partial charge is 0.325 e. The molecule has 1 fully saturated rings. The molecule has 0 radical (unpaired) electrons. The van der Waals surface area contributed by atoms with Crippen molar-refractivity contribution in [2.75, 3.05) is 11.9 Å². The first-order valence-electron chi connectivity index (χ1n) is 6.20. The Bertz CT molecular complexity index is 560. The zero-order valence-corrected chi connectivity index (χ0v) is 10.8. The number of aromatic nitrogens is 1. The van der Waals surface area contributed by atoms with Crippen molar-refractivity contribution in [2.24, 2.45) is 0 Å². The van der Waals surface area contributed by atoms with Crippen LogP contribution in [0.15, 0.2) is 23.7 Å². The van der Waals surface area contributed by atoms with Crippen LogP contribution < -0.4 is 10.6 Å². The van der Waals surface area contributed by atoms with Crippen LogP contribution in [0.1, 0.15) is 19.3 Å². The molecule has 1 unspecified atom stereocenters. The van der Waals surface area contributed by atoms with Crippen molar-refractivity contribution in [3.8, 4) is 0 Å². The molecule has 1 amide bonds. The molecule has 1 aliphatic rings. The Hall–Kier alpha value is -1.46. The van der Waals surface area contributed by atoms with Gasteiger partial charge in [-0.05, 0) is 37.6 Å². The second-order valence-electron chi connectivity index (χ2n) is 4.53. The van der Waals surface area contributed by atoms with E-state index in [-0.39, 0.29) is 11.9 Å². The maximum atomic E-state index is 12.1. The Kier molecular flexibility index (Phi) is 3.25. The molecule has 1 aliphatic heterocycles. The van der Waals surface area contributed by atoms with Crippen LogP contribution in [-0.4, -0.2) is 23.5 Å². The molecule has 2 heterocycles. The highest BCUT2D eigenvalue weighted by Crippen LogP contribution is 2.21. The van der Waals surface area contributed by atoms with Crippen LogP contribution in [0.3, 0.4) is 0 Å². The number of carbonyl (C=O) groups is 1. The fraction of sp³-hybridized carbons (Fsp3) is 0.385. The lowest BCUT2D eigenvalue weighted by Gasteiger charge is -2.22. The lowest BCUT2D eigenvalue weighted by Crippen LogP contribution is -2.43. The fourth-order valence-electron chi connectivity index (χ4n) is 2.24. The fourth-order valence-corrected chi connectivity index (χ4v) is 2.90. The number of anilines is 1. The number of rotatable bonds is 2. The van der Waals surface area contributed by atoms with Gasteiger partial charge in [-0.25, -0.2) is 4.98 Å². The van der Waals surface area contributed by atoms with E-state index >= 15 is 0 Å². The highest BCUT2D eigenvalue weighted by Gasteiger charge is 2.20. The van der Waals surface area contributed by atoms with Gasteiger partial charge >= 0.3 is 0 Å². The minimum absolute atomic E-state index is 0.0510. The molecule has 1 atom stereocenters. The van der Waals surface area contributed by atoms with Gasteiger partial charge in [-0.15, -0.1) is 11.3 Å². The number of amides is 1. The Labute approximate surface area is 109 Å². The Morgan fingerprint density at radius 1 is 1.44 bits per heavy atom. The molecular weight excluding hydrogens is 246 g/mol. The van der Waals surface area contributed by atoms with E-state index in [4.69, 9.17) is 0 Å². The molecule has 1 saturated heterocycles. The van der Waals surface area contributed by atoms with E-state index in [0.717, 1.165) is 41.7 Å². The molecular formula is C13H15N3OS. The molecule has 0 spiro atoms. The van der Waals surface area contributed by atoms with E-state index in [2.05, 4.69) is 15.6 Å². The number of benzene rings is 1. The number of nitrogens with zero attached hydrogens (tertiary/aromatic N) is 1. The van der Waals surface area contributed by atoms with Crippen LogP contribution in [0.2, 0.25) is 0 Å². The number of hydrogen-bond donors (Lipinski definition) is 2. The van der Waals surface area contributed by atoms with Crippen molar-refractivity contribution in [2.45, 2.75) is 25.3 Å². The molecule has 3 rings (SSSR count). The summed E-state index contributed by atoms with van der Waals surface area (Å²) < 4.78 is 1.14. The summed E-state index contributed by atoms with van der Waals surface area (Å²) in [6.07, 6.45) is 3.20. The molecule has 1 aromatic heterocycles. The lowest BCUT2D eigenvalue weighted by atomic mass is 10.0. The van der Waals surface area contributed by atoms with Crippen molar-refractivity contribution in [3.05, 3.63) is 23.7 Å². The summed E-state index contributed by atoms with van der Waals surface area (Å²) in [6, 6.07) is 5.80. The smallest absolute Gasteiger partial charge is 0.241 e. The van der Waals surface area contributed by atoms with Gasteiger partial charge in [0.2, 0.25) is 5.91 Å².